The molecule has 1 aromatic rings. The minimum absolute atomic E-state index is 0.0736. The van der Waals surface area contributed by atoms with Crippen molar-refractivity contribution in [2.45, 2.75) is 40.3 Å². The minimum Gasteiger partial charge on any atom is -0.315 e. The third-order valence-electron chi connectivity index (χ3n) is 2.92. The fourth-order valence-corrected chi connectivity index (χ4v) is 1.75. The molecule has 3 nitrogen and oxygen atoms in total. The lowest BCUT2D eigenvalue weighted by molar-refractivity contribution is 0.252. The Morgan fingerprint density at radius 3 is 2.50 bits per heavy atom. The average Bonchev–Trinajstić information content (AvgIpc) is 2.14. The summed E-state index contributed by atoms with van der Waals surface area (Å²) < 4.78 is 1.76. The van der Waals surface area contributed by atoms with Crippen LogP contribution in [0.5, 0.6) is 0 Å². The van der Waals surface area contributed by atoms with Crippen molar-refractivity contribution >= 4 is 0 Å². The van der Waals surface area contributed by atoms with E-state index < -0.39 is 0 Å². The molecule has 1 rings (SSSR count). The fraction of sp³-hybridized carbons (Fsp3) is 0.615. The Morgan fingerprint density at radius 2 is 2.06 bits per heavy atom. The summed E-state index contributed by atoms with van der Waals surface area (Å²) in [4.78, 5) is 11.8. The Balaban J connectivity index is 2.91. The molecule has 16 heavy (non-hydrogen) atoms. The fourth-order valence-electron chi connectivity index (χ4n) is 1.75. The van der Waals surface area contributed by atoms with Crippen LogP contribution in [0.15, 0.2) is 23.1 Å². The van der Waals surface area contributed by atoms with E-state index >= 15 is 0 Å². The van der Waals surface area contributed by atoms with E-state index in [0.717, 1.165) is 5.56 Å². The van der Waals surface area contributed by atoms with Crippen LogP contribution >= 0.6 is 0 Å². The van der Waals surface area contributed by atoms with E-state index in [9.17, 15) is 4.79 Å². The van der Waals surface area contributed by atoms with E-state index in [1.54, 1.807) is 10.6 Å². The summed E-state index contributed by atoms with van der Waals surface area (Å²) in [5, 5.41) is 3.27. The number of nitrogens with zero attached hydrogens (tertiary/aromatic N) is 1. The first-order valence-electron chi connectivity index (χ1n) is 5.69. The summed E-state index contributed by atoms with van der Waals surface area (Å²) in [5.41, 5.74) is 1.22. The third kappa shape index (κ3) is 3.20. The van der Waals surface area contributed by atoms with Crippen molar-refractivity contribution in [3.8, 4) is 0 Å². The SMILES string of the molecule is CNC(Cn1ccc(C)cc1=O)C(C)(C)C. The lowest BCUT2D eigenvalue weighted by Gasteiger charge is -2.30. The zero-order valence-corrected chi connectivity index (χ0v) is 10.9. The molecular formula is C13H22N2O. The van der Waals surface area contributed by atoms with Crippen molar-refractivity contribution < 1.29 is 0 Å². The van der Waals surface area contributed by atoms with Crippen molar-refractivity contribution in [1.29, 1.82) is 0 Å². The van der Waals surface area contributed by atoms with Gasteiger partial charge in [0.2, 0.25) is 0 Å². The smallest absolute Gasteiger partial charge is 0.250 e. The van der Waals surface area contributed by atoms with Crippen molar-refractivity contribution in [3.63, 3.8) is 0 Å². The number of aryl methyl sites for hydroxylation is 1. The molecule has 0 saturated carbocycles. The first kappa shape index (κ1) is 13.0. The lowest BCUT2D eigenvalue weighted by atomic mass is 9.87. The van der Waals surface area contributed by atoms with Crippen LogP contribution in [0, 0.1) is 12.3 Å². The van der Waals surface area contributed by atoms with Gasteiger partial charge >= 0.3 is 0 Å². The van der Waals surface area contributed by atoms with Gasteiger partial charge in [0.15, 0.2) is 0 Å². The van der Waals surface area contributed by atoms with Gasteiger partial charge in [0.25, 0.3) is 5.56 Å². The molecule has 0 spiro atoms. The normalized spacial score (nSPS) is 13.8. The highest BCUT2D eigenvalue weighted by molar-refractivity contribution is 5.08. The molecule has 0 aliphatic heterocycles. The van der Waals surface area contributed by atoms with Crippen LogP contribution in [0.1, 0.15) is 26.3 Å². The lowest BCUT2D eigenvalue weighted by Crippen LogP contribution is -2.43. The van der Waals surface area contributed by atoms with E-state index in [1.165, 1.54) is 0 Å². The predicted molar refractivity (Wildman–Crippen MR) is 67.7 cm³/mol. The zero-order valence-electron chi connectivity index (χ0n) is 10.9. The van der Waals surface area contributed by atoms with E-state index in [0.29, 0.717) is 6.54 Å². The second-order valence-corrected chi connectivity index (χ2v) is 5.40. The highest BCUT2D eigenvalue weighted by Gasteiger charge is 2.23. The molecule has 0 radical (unpaired) electrons. The van der Waals surface area contributed by atoms with Gasteiger partial charge in [-0.15, -0.1) is 0 Å². The summed E-state index contributed by atoms with van der Waals surface area (Å²) in [6.45, 7) is 9.17. The maximum atomic E-state index is 11.8. The van der Waals surface area contributed by atoms with E-state index in [4.69, 9.17) is 0 Å². The summed E-state index contributed by atoms with van der Waals surface area (Å²) in [5.74, 6) is 0. The molecular weight excluding hydrogens is 200 g/mol. The van der Waals surface area contributed by atoms with Crippen LogP contribution < -0.4 is 10.9 Å². The molecule has 0 aromatic carbocycles. The molecule has 0 saturated heterocycles. The molecule has 1 N–H and O–H groups in total. The molecule has 90 valence electrons. The molecule has 1 atom stereocenters. The summed E-state index contributed by atoms with van der Waals surface area (Å²) in [7, 11) is 1.94. The largest absolute Gasteiger partial charge is 0.315 e. The zero-order chi connectivity index (χ0) is 12.3. The molecule has 0 fully saturated rings. The number of aromatic nitrogens is 1. The molecule has 3 heteroatoms. The van der Waals surface area contributed by atoms with Crippen molar-refractivity contribution in [2.24, 2.45) is 5.41 Å². The monoisotopic (exact) mass is 222 g/mol. The van der Waals surface area contributed by atoms with Crippen LogP contribution in [-0.4, -0.2) is 17.7 Å². The Kier molecular flexibility index (Phi) is 3.92. The topological polar surface area (TPSA) is 34.0 Å². The summed E-state index contributed by atoms with van der Waals surface area (Å²) >= 11 is 0. The van der Waals surface area contributed by atoms with Crippen LogP contribution in [0.3, 0.4) is 0 Å². The molecule has 1 unspecified atom stereocenters. The Labute approximate surface area is 97.5 Å². The van der Waals surface area contributed by atoms with Crippen molar-refractivity contribution in [1.82, 2.24) is 9.88 Å². The van der Waals surface area contributed by atoms with E-state index in [-0.39, 0.29) is 17.0 Å². The van der Waals surface area contributed by atoms with Gasteiger partial charge < -0.3 is 9.88 Å². The van der Waals surface area contributed by atoms with Gasteiger partial charge in [0.1, 0.15) is 0 Å². The van der Waals surface area contributed by atoms with Gasteiger partial charge in [0, 0.05) is 24.8 Å². The van der Waals surface area contributed by atoms with Gasteiger partial charge in [0.05, 0.1) is 0 Å². The van der Waals surface area contributed by atoms with Crippen LogP contribution in [0.4, 0.5) is 0 Å². The Morgan fingerprint density at radius 1 is 1.44 bits per heavy atom. The van der Waals surface area contributed by atoms with Gasteiger partial charge in [-0.3, -0.25) is 4.79 Å². The van der Waals surface area contributed by atoms with Gasteiger partial charge in [-0.05, 0) is 31.0 Å². The van der Waals surface area contributed by atoms with Crippen LogP contribution in [0.25, 0.3) is 0 Å². The van der Waals surface area contributed by atoms with Crippen LogP contribution in [0.2, 0.25) is 0 Å². The first-order valence-corrected chi connectivity index (χ1v) is 5.69. The second-order valence-electron chi connectivity index (χ2n) is 5.40. The molecule has 1 heterocycles. The van der Waals surface area contributed by atoms with Crippen molar-refractivity contribution in [3.05, 3.63) is 34.2 Å². The number of pyridine rings is 1. The van der Waals surface area contributed by atoms with Gasteiger partial charge in [-0.2, -0.15) is 0 Å². The molecule has 0 bridgehead atoms. The number of nitrogens with one attached hydrogen (secondary N) is 1. The summed E-state index contributed by atoms with van der Waals surface area (Å²) in [6.07, 6.45) is 1.87. The number of hydrogen-bond donors (Lipinski definition) is 1. The standard InChI is InChI=1S/C13H22N2O/c1-10-6-7-15(12(16)8-10)9-11(14-5)13(2,3)4/h6-8,11,14H,9H2,1-5H3. The minimum atomic E-state index is 0.0736. The van der Waals surface area contributed by atoms with Crippen LogP contribution in [-0.2, 0) is 6.54 Å². The Hall–Kier alpha value is -1.09. The highest BCUT2D eigenvalue weighted by atomic mass is 16.1. The predicted octanol–water partition coefficient (Wildman–Crippen LogP) is 1.79. The summed E-state index contributed by atoms with van der Waals surface area (Å²) in [6, 6.07) is 3.93. The molecule has 1 aromatic heterocycles. The number of rotatable bonds is 3. The molecule has 0 amide bonds. The quantitative estimate of drug-likeness (QED) is 0.846. The average molecular weight is 222 g/mol. The number of hydrogen-bond acceptors (Lipinski definition) is 2. The van der Waals surface area contributed by atoms with E-state index in [2.05, 4.69) is 26.1 Å². The van der Waals surface area contributed by atoms with E-state index in [1.807, 2.05) is 26.2 Å². The molecule has 0 aliphatic rings. The first-order chi connectivity index (χ1) is 7.34. The van der Waals surface area contributed by atoms with Crippen molar-refractivity contribution in [2.75, 3.05) is 7.05 Å². The maximum Gasteiger partial charge on any atom is 0.250 e. The third-order valence-corrected chi connectivity index (χ3v) is 2.92. The number of likely N-dealkylation sites (N-methyl/N-ethyl adjacent to an activating group) is 1. The Bertz CT molecular complexity index is 401. The highest BCUT2D eigenvalue weighted by Crippen LogP contribution is 2.19. The van der Waals surface area contributed by atoms with Gasteiger partial charge in [-0.25, -0.2) is 0 Å². The van der Waals surface area contributed by atoms with Gasteiger partial charge in [-0.1, -0.05) is 20.8 Å². The molecule has 0 aliphatic carbocycles. The second kappa shape index (κ2) is 4.83. The maximum absolute atomic E-state index is 11.8.